The van der Waals surface area contributed by atoms with Gasteiger partial charge in [0.05, 0.1) is 4.88 Å². The summed E-state index contributed by atoms with van der Waals surface area (Å²) < 4.78 is 0. The fourth-order valence-electron chi connectivity index (χ4n) is 3.32. The van der Waals surface area contributed by atoms with Gasteiger partial charge in [-0.05, 0) is 47.5 Å². The van der Waals surface area contributed by atoms with E-state index in [0.717, 1.165) is 48.0 Å². The standard InChI is InChI=1S/C21H19Cl2N3OS/c22-17-10-16(11-18(23)12-17)19-3-4-20(28-19)21(27)26-8-6-25(7-9-26)14-15-2-1-5-24-13-15/h1-5,10-13H,6-9,14H2. The maximum atomic E-state index is 12.9. The monoisotopic (exact) mass is 431 g/mol. The lowest BCUT2D eigenvalue weighted by Gasteiger charge is -2.34. The number of rotatable bonds is 4. The molecule has 1 fully saturated rings. The molecule has 28 heavy (non-hydrogen) atoms. The van der Waals surface area contributed by atoms with Gasteiger partial charge in [-0.1, -0.05) is 29.3 Å². The second-order valence-corrected chi connectivity index (χ2v) is 8.71. The molecule has 0 atom stereocenters. The Morgan fingerprint density at radius 2 is 1.79 bits per heavy atom. The van der Waals surface area contributed by atoms with E-state index in [0.29, 0.717) is 10.0 Å². The molecule has 0 aliphatic carbocycles. The highest BCUT2D eigenvalue weighted by atomic mass is 35.5. The number of halogens is 2. The fraction of sp³-hybridized carbons (Fsp3) is 0.238. The van der Waals surface area contributed by atoms with Gasteiger partial charge in [-0.3, -0.25) is 14.7 Å². The number of nitrogens with zero attached hydrogens (tertiary/aromatic N) is 3. The molecule has 0 radical (unpaired) electrons. The molecular formula is C21H19Cl2N3OS. The topological polar surface area (TPSA) is 36.4 Å². The number of thiophene rings is 1. The number of hydrogen-bond donors (Lipinski definition) is 0. The molecule has 0 N–H and O–H groups in total. The van der Waals surface area contributed by atoms with Crippen LogP contribution in [0.3, 0.4) is 0 Å². The van der Waals surface area contributed by atoms with Crippen LogP contribution in [0.25, 0.3) is 10.4 Å². The van der Waals surface area contributed by atoms with E-state index in [1.165, 1.54) is 16.9 Å². The summed E-state index contributed by atoms with van der Waals surface area (Å²) in [6, 6.07) is 13.3. The van der Waals surface area contributed by atoms with E-state index in [2.05, 4.69) is 16.0 Å². The van der Waals surface area contributed by atoms with Gasteiger partial charge in [0, 0.05) is 60.0 Å². The lowest BCUT2D eigenvalue weighted by atomic mass is 10.2. The van der Waals surface area contributed by atoms with Crippen LogP contribution >= 0.6 is 34.5 Å². The van der Waals surface area contributed by atoms with Crippen LogP contribution in [-0.4, -0.2) is 46.9 Å². The molecule has 1 aromatic carbocycles. The van der Waals surface area contributed by atoms with Crippen LogP contribution in [0.15, 0.2) is 54.9 Å². The summed E-state index contributed by atoms with van der Waals surface area (Å²) in [5.74, 6) is 0.0883. The minimum atomic E-state index is 0.0883. The molecule has 144 valence electrons. The van der Waals surface area contributed by atoms with Crippen LogP contribution in [0, 0.1) is 0 Å². The number of piperazine rings is 1. The van der Waals surface area contributed by atoms with Gasteiger partial charge < -0.3 is 4.90 Å². The van der Waals surface area contributed by atoms with E-state index in [-0.39, 0.29) is 5.91 Å². The summed E-state index contributed by atoms with van der Waals surface area (Å²) in [6.07, 6.45) is 3.68. The third-order valence-electron chi connectivity index (χ3n) is 4.75. The predicted molar refractivity (Wildman–Crippen MR) is 115 cm³/mol. The first-order chi connectivity index (χ1) is 13.6. The molecule has 4 rings (SSSR count). The summed E-state index contributed by atoms with van der Waals surface area (Å²) in [5.41, 5.74) is 2.13. The van der Waals surface area contributed by atoms with Crippen molar-refractivity contribution in [2.24, 2.45) is 0 Å². The molecule has 1 aliphatic rings. The third kappa shape index (κ3) is 4.55. The van der Waals surface area contributed by atoms with Crippen molar-refractivity contribution in [3.63, 3.8) is 0 Å². The summed E-state index contributed by atoms with van der Waals surface area (Å²) in [5, 5.41) is 1.18. The van der Waals surface area contributed by atoms with Gasteiger partial charge in [0.15, 0.2) is 0 Å². The fourth-order valence-corrected chi connectivity index (χ4v) is 4.81. The molecule has 7 heteroatoms. The van der Waals surface area contributed by atoms with Crippen LogP contribution in [0.2, 0.25) is 10.0 Å². The molecule has 3 heterocycles. The molecule has 0 bridgehead atoms. The summed E-state index contributed by atoms with van der Waals surface area (Å²) in [7, 11) is 0. The normalized spacial score (nSPS) is 15.0. The van der Waals surface area contributed by atoms with E-state index in [9.17, 15) is 4.79 Å². The Bertz CT molecular complexity index is 949. The van der Waals surface area contributed by atoms with Crippen molar-refractivity contribution >= 4 is 40.4 Å². The quantitative estimate of drug-likeness (QED) is 0.577. The van der Waals surface area contributed by atoms with Crippen molar-refractivity contribution in [1.82, 2.24) is 14.8 Å². The Labute approximate surface area is 178 Å². The Morgan fingerprint density at radius 1 is 1.04 bits per heavy atom. The lowest BCUT2D eigenvalue weighted by Crippen LogP contribution is -2.48. The molecule has 2 aromatic heterocycles. The zero-order chi connectivity index (χ0) is 19.5. The molecular weight excluding hydrogens is 413 g/mol. The number of pyridine rings is 1. The molecule has 1 saturated heterocycles. The van der Waals surface area contributed by atoms with Gasteiger partial charge in [0.2, 0.25) is 0 Å². The van der Waals surface area contributed by atoms with Crippen LogP contribution in [0.4, 0.5) is 0 Å². The zero-order valence-electron chi connectivity index (χ0n) is 15.1. The van der Waals surface area contributed by atoms with Gasteiger partial charge in [-0.2, -0.15) is 0 Å². The predicted octanol–water partition coefficient (Wildman–Crippen LogP) is 5.07. The first-order valence-electron chi connectivity index (χ1n) is 9.05. The smallest absolute Gasteiger partial charge is 0.264 e. The highest BCUT2D eigenvalue weighted by Gasteiger charge is 2.23. The number of amides is 1. The zero-order valence-corrected chi connectivity index (χ0v) is 17.5. The minimum Gasteiger partial charge on any atom is -0.335 e. The van der Waals surface area contributed by atoms with E-state index >= 15 is 0 Å². The SMILES string of the molecule is O=C(c1ccc(-c2cc(Cl)cc(Cl)c2)s1)N1CCN(Cc2cccnc2)CC1. The summed E-state index contributed by atoms with van der Waals surface area (Å²) in [4.78, 5) is 23.1. The largest absolute Gasteiger partial charge is 0.335 e. The minimum absolute atomic E-state index is 0.0883. The van der Waals surface area contributed by atoms with Crippen LogP contribution in [0.1, 0.15) is 15.2 Å². The van der Waals surface area contributed by atoms with Crippen molar-refractivity contribution in [2.45, 2.75) is 6.54 Å². The number of benzene rings is 1. The molecule has 0 spiro atoms. The Kier molecular flexibility index (Phi) is 5.97. The van der Waals surface area contributed by atoms with Crippen molar-refractivity contribution in [3.05, 3.63) is 75.3 Å². The van der Waals surface area contributed by atoms with Crippen LogP contribution in [0.5, 0.6) is 0 Å². The van der Waals surface area contributed by atoms with Gasteiger partial charge in [-0.15, -0.1) is 11.3 Å². The Balaban J connectivity index is 1.38. The second-order valence-electron chi connectivity index (χ2n) is 6.75. The van der Waals surface area contributed by atoms with Gasteiger partial charge in [0.1, 0.15) is 0 Å². The van der Waals surface area contributed by atoms with Crippen molar-refractivity contribution in [3.8, 4) is 10.4 Å². The van der Waals surface area contributed by atoms with Crippen molar-refractivity contribution in [2.75, 3.05) is 26.2 Å². The first kappa shape index (κ1) is 19.4. The summed E-state index contributed by atoms with van der Waals surface area (Å²) >= 11 is 13.7. The van der Waals surface area contributed by atoms with Crippen LogP contribution in [-0.2, 0) is 6.54 Å². The van der Waals surface area contributed by atoms with Gasteiger partial charge in [-0.25, -0.2) is 0 Å². The molecule has 0 saturated carbocycles. The van der Waals surface area contributed by atoms with E-state index in [4.69, 9.17) is 23.2 Å². The van der Waals surface area contributed by atoms with Crippen LogP contribution < -0.4 is 0 Å². The number of aromatic nitrogens is 1. The van der Waals surface area contributed by atoms with E-state index < -0.39 is 0 Å². The highest BCUT2D eigenvalue weighted by Crippen LogP contribution is 2.32. The first-order valence-corrected chi connectivity index (χ1v) is 10.6. The van der Waals surface area contributed by atoms with Gasteiger partial charge in [0.25, 0.3) is 5.91 Å². The van der Waals surface area contributed by atoms with Crippen molar-refractivity contribution < 1.29 is 4.79 Å². The second kappa shape index (κ2) is 8.62. The average molecular weight is 432 g/mol. The van der Waals surface area contributed by atoms with Crippen molar-refractivity contribution in [1.29, 1.82) is 0 Å². The third-order valence-corrected chi connectivity index (χ3v) is 6.31. The number of carbonyl (C=O) groups excluding carboxylic acids is 1. The Morgan fingerprint density at radius 3 is 2.46 bits per heavy atom. The summed E-state index contributed by atoms with van der Waals surface area (Å²) in [6.45, 7) is 4.06. The molecule has 4 nitrogen and oxygen atoms in total. The lowest BCUT2D eigenvalue weighted by molar-refractivity contribution is 0.0633. The average Bonchev–Trinajstić information content (AvgIpc) is 3.18. The maximum absolute atomic E-state index is 12.9. The highest BCUT2D eigenvalue weighted by molar-refractivity contribution is 7.17. The molecule has 1 aliphatic heterocycles. The maximum Gasteiger partial charge on any atom is 0.264 e. The van der Waals surface area contributed by atoms with E-state index in [1.54, 1.807) is 12.3 Å². The number of carbonyl (C=O) groups is 1. The molecule has 0 unspecified atom stereocenters. The molecule has 3 aromatic rings. The Hall–Kier alpha value is -1.92. The van der Waals surface area contributed by atoms with Gasteiger partial charge >= 0.3 is 0 Å². The number of hydrogen-bond acceptors (Lipinski definition) is 4. The molecule has 1 amide bonds. The van der Waals surface area contributed by atoms with E-state index in [1.807, 2.05) is 41.4 Å².